The van der Waals surface area contributed by atoms with Crippen molar-refractivity contribution in [1.29, 1.82) is 0 Å². The van der Waals surface area contributed by atoms with Crippen molar-refractivity contribution in [1.82, 2.24) is 15.1 Å². The summed E-state index contributed by atoms with van der Waals surface area (Å²) in [6, 6.07) is 0. The zero-order chi connectivity index (χ0) is 12.8. The quantitative estimate of drug-likeness (QED) is 0.625. The van der Waals surface area contributed by atoms with E-state index in [1.807, 2.05) is 14.0 Å². The fourth-order valence-electron chi connectivity index (χ4n) is 0.909. The average Bonchev–Trinajstić information content (AvgIpc) is 2.41. The van der Waals surface area contributed by atoms with Gasteiger partial charge in [-0.3, -0.25) is 9.48 Å². The Balaban J connectivity index is 0.000000281. The van der Waals surface area contributed by atoms with Gasteiger partial charge < -0.3 is 16.2 Å². The zero-order valence-corrected chi connectivity index (χ0v) is 10.2. The predicted molar refractivity (Wildman–Crippen MR) is 62.7 cm³/mol. The molecule has 0 fully saturated rings. The first-order valence-electron chi connectivity index (χ1n) is 4.91. The number of hydrogen-bond donors (Lipinski definition) is 3. The Morgan fingerprint density at radius 3 is 2.38 bits per heavy atom. The normalized spacial score (nSPS) is 10.3. The fraction of sp³-hybridized carbons (Fsp3) is 0.600. The van der Waals surface area contributed by atoms with Gasteiger partial charge in [-0.15, -0.1) is 0 Å². The number of rotatable bonds is 3. The summed E-state index contributed by atoms with van der Waals surface area (Å²) in [6.07, 6.45) is 2.35. The molecule has 1 aromatic rings. The molecule has 0 aromatic carbocycles. The van der Waals surface area contributed by atoms with Crippen LogP contribution in [0.4, 0.5) is 5.69 Å². The highest BCUT2D eigenvalue weighted by atomic mass is 16.3. The molecule has 4 N–H and O–H groups in total. The van der Waals surface area contributed by atoms with Crippen LogP contribution in [0.5, 0.6) is 0 Å². The van der Waals surface area contributed by atoms with Crippen LogP contribution in [0.3, 0.4) is 0 Å². The second-order valence-corrected chi connectivity index (χ2v) is 4.15. The highest BCUT2D eigenvalue weighted by molar-refractivity contribution is 5.45. The molecule has 6 nitrogen and oxygen atoms in total. The Labute approximate surface area is 95.4 Å². The van der Waals surface area contributed by atoms with Crippen molar-refractivity contribution >= 4 is 12.1 Å². The summed E-state index contributed by atoms with van der Waals surface area (Å²) in [5, 5.41) is 15.3. The molecule has 0 aliphatic rings. The van der Waals surface area contributed by atoms with Crippen LogP contribution in [0.1, 0.15) is 19.5 Å². The van der Waals surface area contributed by atoms with E-state index < -0.39 is 5.60 Å². The van der Waals surface area contributed by atoms with Crippen LogP contribution in [0, 0.1) is 6.92 Å². The number of nitrogens with two attached hydrogens (primary N) is 1. The lowest BCUT2D eigenvalue weighted by molar-refractivity contribution is -0.110. The van der Waals surface area contributed by atoms with E-state index in [0.717, 1.165) is 11.4 Å². The summed E-state index contributed by atoms with van der Waals surface area (Å²) in [5.41, 5.74) is 6.32. The third-order valence-electron chi connectivity index (χ3n) is 1.67. The minimum atomic E-state index is -0.791. The monoisotopic (exact) mass is 228 g/mol. The van der Waals surface area contributed by atoms with E-state index in [0.29, 0.717) is 13.0 Å². The number of carbonyl (C=O) groups is 1. The second kappa shape index (κ2) is 6.12. The van der Waals surface area contributed by atoms with E-state index >= 15 is 0 Å². The molecule has 1 rings (SSSR count). The number of hydrogen-bond acceptors (Lipinski definition) is 4. The van der Waals surface area contributed by atoms with Crippen LogP contribution >= 0.6 is 0 Å². The SMILES string of the molecule is CC(C)(O)CNC=O.Cc1nn(C)cc1N. The molecule has 0 saturated heterocycles. The van der Waals surface area contributed by atoms with Crippen molar-refractivity contribution in [3.8, 4) is 0 Å². The maximum absolute atomic E-state index is 9.63. The standard InChI is InChI=1S/C5H9N3.C5H11NO2/c1-4-5(6)3-8(2)7-4;1-5(2,8)3-6-4-7/h3H,6H2,1-2H3;4,8H,3H2,1-2H3,(H,6,7). The summed E-state index contributed by atoms with van der Waals surface area (Å²) >= 11 is 0. The molecule has 0 atom stereocenters. The van der Waals surface area contributed by atoms with Gasteiger partial charge >= 0.3 is 0 Å². The summed E-state index contributed by atoms with van der Waals surface area (Å²) < 4.78 is 1.70. The van der Waals surface area contributed by atoms with E-state index in [4.69, 9.17) is 10.8 Å². The van der Waals surface area contributed by atoms with E-state index in [2.05, 4.69) is 10.4 Å². The number of nitrogens with one attached hydrogen (secondary N) is 1. The summed E-state index contributed by atoms with van der Waals surface area (Å²) in [4.78, 5) is 9.63. The Morgan fingerprint density at radius 1 is 1.69 bits per heavy atom. The topological polar surface area (TPSA) is 93.2 Å². The van der Waals surface area contributed by atoms with Crippen LogP contribution in [0.25, 0.3) is 0 Å². The van der Waals surface area contributed by atoms with E-state index in [9.17, 15) is 4.79 Å². The molecule has 0 spiro atoms. The number of aromatic nitrogens is 2. The summed E-state index contributed by atoms with van der Waals surface area (Å²) in [7, 11) is 1.85. The molecular weight excluding hydrogens is 208 g/mol. The van der Waals surface area contributed by atoms with Gasteiger partial charge in [0, 0.05) is 19.8 Å². The molecule has 92 valence electrons. The lowest BCUT2D eigenvalue weighted by Gasteiger charge is -2.14. The van der Waals surface area contributed by atoms with Gasteiger partial charge in [0.2, 0.25) is 6.41 Å². The van der Waals surface area contributed by atoms with Crippen molar-refractivity contribution in [2.24, 2.45) is 7.05 Å². The van der Waals surface area contributed by atoms with Crippen LogP contribution < -0.4 is 11.1 Å². The molecule has 0 unspecified atom stereocenters. The number of anilines is 1. The van der Waals surface area contributed by atoms with Gasteiger partial charge in [-0.1, -0.05) is 0 Å². The van der Waals surface area contributed by atoms with Gasteiger partial charge in [0.15, 0.2) is 0 Å². The van der Waals surface area contributed by atoms with Gasteiger partial charge in [0.05, 0.1) is 17.0 Å². The zero-order valence-electron chi connectivity index (χ0n) is 10.2. The first-order chi connectivity index (χ1) is 7.26. The maximum Gasteiger partial charge on any atom is 0.207 e. The van der Waals surface area contributed by atoms with Gasteiger partial charge in [-0.2, -0.15) is 5.10 Å². The lowest BCUT2D eigenvalue weighted by atomic mass is 10.1. The number of amides is 1. The van der Waals surface area contributed by atoms with Crippen molar-refractivity contribution < 1.29 is 9.90 Å². The summed E-state index contributed by atoms with van der Waals surface area (Å²) in [6.45, 7) is 5.44. The van der Waals surface area contributed by atoms with Crippen molar-refractivity contribution in [3.63, 3.8) is 0 Å². The Hall–Kier alpha value is -1.56. The highest BCUT2D eigenvalue weighted by Crippen LogP contribution is 2.03. The first kappa shape index (κ1) is 14.4. The first-order valence-corrected chi connectivity index (χ1v) is 4.91. The summed E-state index contributed by atoms with van der Waals surface area (Å²) in [5.74, 6) is 0. The Kier molecular flexibility index (Phi) is 5.52. The second-order valence-electron chi connectivity index (χ2n) is 4.15. The third kappa shape index (κ3) is 6.83. The molecular formula is C10H20N4O2. The number of nitrogens with zero attached hydrogens (tertiary/aromatic N) is 2. The molecule has 0 aliphatic heterocycles. The third-order valence-corrected chi connectivity index (χ3v) is 1.67. The van der Waals surface area contributed by atoms with E-state index in [1.54, 1.807) is 24.7 Å². The molecule has 0 radical (unpaired) electrons. The van der Waals surface area contributed by atoms with E-state index in [1.165, 1.54) is 0 Å². The van der Waals surface area contributed by atoms with Crippen LogP contribution in [-0.2, 0) is 11.8 Å². The molecule has 1 aromatic heterocycles. The predicted octanol–water partition coefficient (Wildman–Crippen LogP) is -0.186. The number of carbonyl (C=O) groups excluding carboxylic acids is 1. The van der Waals surface area contributed by atoms with Crippen molar-refractivity contribution in [2.75, 3.05) is 12.3 Å². The molecule has 16 heavy (non-hydrogen) atoms. The molecule has 0 saturated carbocycles. The number of nitrogen functional groups attached to an aromatic ring is 1. The molecule has 0 aliphatic carbocycles. The average molecular weight is 228 g/mol. The van der Waals surface area contributed by atoms with Crippen LogP contribution in [-0.4, -0.2) is 33.4 Å². The number of aliphatic hydroxyl groups is 1. The molecule has 1 heterocycles. The molecule has 6 heteroatoms. The molecule has 0 bridgehead atoms. The smallest absolute Gasteiger partial charge is 0.207 e. The Morgan fingerprint density at radius 2 is 2.25 bits per heavy atom. The largest absolute Gasteiger partial charge is 0.396 e. The van der Waals surface area contributed by atoms with Crippen molar-refractivity contribution in [2.45, 2.75) is 26.4 Å². The van der Waals surface area contributed by atoms with Crippen molar-refractivity contribution in [3.05, 3.63) is 11.9 Å². The maximum atomic E-state index is 9.63. The van der Waals surface area contributed by atoms with Gasteiger partial charge in [0.25, 0.3) is 0 Å². The fourth-order valence-corrected chi connectivity index (χ4v) is 0.909. The van der Waals surface area contributed by atoms with Gasteiger partial charge in [-0.25, -0.2) is 0 Å². The van der Waals surface area contributed by atoms with Gasteiger partial charge in [0.1, 0.15) is 0 Å². The lowest BCUT2D eigenvalue weighted by Crippen LogP contribution is -2.33. The van der Waals surface area contributed by atoms with E-state index in [-0.39, 0.29) is 0 Å². The minimum absolute atomic E-state index is 0.302. The highest BCUT2D eigenvalue weighted by Gasteiger charge is 2.09. The van der Waals surface area contributed by atoms with Crippen LogP contribution in [0.2, 0.25) is 0 Å². The van der Waals surface area contributed by atoms with Gasteiger partial charge in [-0.05, 0) is 20.8 Å². The number of aryl methyl sites for hydroxylation is 2. The Bertz CT molecular complexity index is 309. The van der Waals surface area contributed by atoms with Crippen LogP contribution in [0.15, 0.2) is 6.20 Å². The molecule has 1 amide bonds. The minimum Gasteiger partial charge on any atom is -0.396 e.